The topological polar surface area (TPSA) is 52.5 Å². The molecule has 0 aromatic heterocycles. The van der Waals surface area contributed by atoms with Crippen LogP contribution in [0.15, 0.2) is 18.2 Å². The maximum Gasteiger partial charge on any atom is 0.119 e. The van der Waals surface area contributed by atoms with Gasteiger partial charge in [-0.15, -0.1) is 0 Å². The lowest BCUT2D eigenvalue weighted by molar-refractivity contribution is 0.453. The predicted octanol–water partition coefficient (Wildman–Crippen LogP) is 1.25. The Morgan fingerprint density at radius 2 is 2.08 bits per heavy atom. The molecule has 0 aliphatic rings. The summed E-state index contributed by atoms with van der Waals surface area (Å²) in [6.45, 7) is 3.76. The number of likely N-dealkylation sites (N-methyl/N-ethyl adjacent to an activating group) is 1. The van der Waals surface area contributed by atoms with Gasteiger partial charge in [0.15, 0.2) is 0 Å². The molecular formula is C10H15NO2. The third kappa shape index (κ3) is 2.95. The SMILES string of the molecule is CCNCCc1cc(O)ccc1O. The van der Waals surface area contributed by atoms with Crippen LogP contribution in [-0.2, 0) is 6.42 Å². The van der Waals surface area contributed by atoms with Crippen molar-refractivity contribution in [3.05, 3.63) is 23.8 Å². The van der Waals surface area contributed by atoms with Crippen LogP contribution in [0.3, 0.4) is 0 Å². The fourth-order valence-corrected chi connectivity index (χ4v) is 1.17. The van der Waals surface area contributed by atoms with E-state index in [1.54, 1.807) is 6.07 Å². The second kappa shape index (κ2) is 4.72. The van der Waals surface area contributed by atoms with Gasteiger partial charge in [0.2, 0.25) is 0 Å². The molecule has 0 saturated heterocycles. The van der Waals surface area contributed by atoms with Gasteiger partial charge in [-0.1, -0.05) is 6.92 Å². The number of nitrogens with one attached hydrogen (secondary N) is 1. The molecule has 72 valence electrons. The Morgan fingerprint density at radius 3 is 2.77 bits per heavy atom. The van der Waals surface area contributed by atoms with Gasteiger partial charge in [0.25, 0.3) is 0 Å². The molecule has 0 atom stereocenters. The van der Waals surface area contributed by atoms with Crippen LogP contribution in [-0.4, -0.2) is 23.3 Å². The number of aromatic hydroxyl groups is 2. The minimum atomic E-state index is 0.198. The molecule has 13 heavy (non-hydrogen) atoms. The lowest BCUT2D eigenvalue weighted by Gasteiger charge is -2.05. The van der Waals surface area contributed by atoms with Gasteiger partial charge in [-0.25, -0.2) is 0 Å². The van der Waals surface area contributed by atoms with Gasteiger partial charge in [0.1, 0.15) is 11.5 Å². The van der Waals surface area contributed by atoms with Gasteiger partial charge in [-0.05, 0) is 43.3 Å². The molecular weight excluding hydrogens is 166 g/mol. The lowest BCUT2D eigenvalue weighted by Crippen LogP contribution is -2.16. The van der Waals surface area contributed by atoms with Crippen LogP contribution >= 0.6 is 0 Å². The quantitative estimate of drug-likeness (QED) is 0.484. The monoisotopic (exact) mass is 181 g/mol. The number of benzene rings is 1. The summed E-state index contributed by atoms with van der Waals surface area (Å²) in [5.41, 5.74) is 0.779. The van der Waals surface area contributed by atoms with Crippen molar-refractivity contribution in [2.45, 2.75) is 13.3 Å². The molecule has 3 N–H and O–H groups in total. The standard InChI is InChI=1S/C10H15NO2/c1-2-11-6-5-8-7-9(12)3-4-10(8)13/h3-4,7,11-13H,2,5-6H2,1H3. The lowest BCUT2D eigenvalue weighted by atomic mass is 10.1. The highest BCUT2D eigenvalue weighted by Gasteiger charge is 2.01. The van der Waals surface area contributed by atoms with Crippen LogP contribution in [0.5, 0.6) is 11.5 Å². The summed E-state index contributed by atoms with van der Waals surface area (Å²) in [4.78, 5) is 0. The third-order valence-electron chi connectivity index (χ3n) is 1.88. The first-order valence-electron chi connectivity index (χ1n) is 4.45. The van der Waals surface area contributed by atoms with E-state index in [0.29, 0.717) is 0 Å². The molecule has 0 unspecified atom stereocenters. The second-order valence-electron chi connectivity index (χ2n) is 2.92. The molecule has 0 aliphatic carbocycles. The van der Waals surface area contributed by atoms with E-state index in [9.17, 15) is 5.11 Å². The molecule has 0 saturated carbocycles. The Labute approximate surface area is 78.0 Å². The fraction of sp³-hybridized carbons (Fsp3) is 0.400. The number of rotatable bonds is 4. The normalized spacial score (nSPS) is 10.2. The Balaban J connectivity index is 2.59. The summed E-state index contributed by atoms with van der Waals surface area (Å²) in [5.74, 6) is 0.444. The number of phenolic OH excluding ortho intramolecular Hbond substituents is 2. The number of phenols is 2. The van der Waals surface area contributed by atoms with Crippen molar-refractivity contribution < 1.29 is 10.2 Å². The maximum atomic E-state index is 9.40. The molecule has 0 radical (unpaired) electrons. The summed E-state index contributed by atoms with van der Waals surface area (Å²) < 4.78 is 0. The zero-order valence-electron chi connectivity index (χ0n) is 7.75. The smallest absolute Gasteiger partial charge is 0.119 e. The molecule has 0 fully saturated rings. The van der Waals surface area contributed by atoms with Crippen molar-refractivity contribution in [1.29, 1.82) is 0 Å². The first kappa shape index (κ1) is 9.86. The largest absolute Gasteiger partial charge is 0.508 e. The first-order valence-corrected chi connectivity index (χ1v) is 4.45. The third-order valence-corrected chi connectivity index (χ3v) is 1.88. The summed E-state index contributed by atoms with van der Waals surface area (Å²) in [6, 6.07) is 4.58. The first-order chi connectivity index (χ1) is 6.24. The Kier molecular flexibility index (Phi) is 3.58. The van der Waals surface area contributed by atoms with Crippen LogP contribution < -0.4 is 5.32 Å². The summed E-state index contributed by atoms with van der Waals surface area (Å²) >= 11 is 0. The average Bonchev–Trinajstić information content (AvgIpc) is 2.11. The van der Waals surface area contributed by atoms with Crippen molar-refractivity contribution in [3.8, 4) is 11.5 Å². The molecule has 1 aromatic carbocycles. The molecule has 3 nitrogen and oxygen atoms in total. The van der Waals surface area contributed by atoms with Crippen LogP contribution in [0, 0.1) is 0 Å². The van der Waals surface area contributed by atoms with E-state index >= 15 is 0 Å². The molecule has 3 heteroatoms. The maximum absolute atomic E-state index is 9.40. The highest BCUT2D eigenvalue weighted by molar-refractivity contribution is 5.38. The van der Waals surface area contributed by atoms with E-state index < -0.39 is 0 Å². The van der Waals surface area contributed by atoms with Crippen LogP contribution in [0.1, 0.15) is 12.5 Å². The van der Waals surface area contributed by atoms with Gasteiger partial charge >= 0.3 is 0 Å². The minimum Gasteiger partial charge on any atom is -0.508 e. The molecule has 1 aromatic rings. The fourth-order valence-electron chi connectivity index (χ4n) is 1.17. The average molecular weight is 181 g/mol. The van der Waals surface area contributed by atoms with Gasteiger partial charge < -0.3 is 15.5 Å². The molecule has 0 heterocycles. The Bertz CT molecular complexity index is 274. The van der Waals surface area contributed by atoms with E-state index in [0.717, 1.165) is 25.1 Å². The van der Waals surface area contributed by atoms with Crippen LogP contribution in [0.2, 0.25) is 0 Å². The van der Waals surface area contributed by atoms with Crippen molar-refractivity contribution in [1.82, 2.24) is 5.32 Å². The van der Waals surface area contributed by atoms with Gasteiger partial charge in [0.05, 0.1) is 0 Å². The molecule has 0 bridgehead atoms. The highest BCUT2D eigenvalue weighted by atomic mass is 16.3. The number of hydrogen-bond donors (Lipinski definition) is 3. The summed E-state index contributed by atoms with van der Waals surface area (Å²) in [7, 11) is 0. The van der Waals surface area contributed by atoms with Crippen molar-refractivity contribution in [2.24, 2.45) is 0 Å². The number of hydrogen-bond acceptors (Lipinski definition) is 3. The van der Waals surface area contributed by atoms with Gasteiger partial charge in [-0.3, -0.25) is 0 Å². The van der Waals surface area contributed by atoms with Gasteiger partial charge in [0, 0.05) is 0 Å². The van der Waals surface area contributed by atoms with E-state index in [1.165, 1.54) is 12.1 Å². The second-order valence-corrected chi connectivity index (χ2v) is 2.92. The zero-order chi connectivity index (χ0) is 9.68. The van der Waals surface area contributed by atoms with E-state index in [4.69, 9.17) is 5.11 Å². The zero-order valence-corrected chi connectivity index (χ0v) is 7.75. The molecule has 0 spiro atoms. The van der Waals surface area contributed by atoms with Crippen molar-refractivity contribution in [3.63, 3.8) is 0 Å². The van der Waals surface area contributed by atoms with Gasteiger partial charge in [-0.2, -0.15) is 0 Å². The predicted molar refractivity (Wildman–Crippen MR) is 52.0 cm³/mol. The minimum absolute atomic E-state index is 0.198. The molecule has 0 amide bonds. The summed E-state index contributed by atoms with van der Waals surface area (Å²) in [5, 5.41) is 21.7. The summed E-state index contributed by atoms with van der Waals surface area (Å²) in [6.07, 6.45) is 0.730. The van der Waals surface area contributed by atoms with Crippen LogP contribution in [0.25, 0.3) is 0 Å². The van der Waals surface area contributed by atoms with Crippen LogP contribution in [0.4, 0.5) is 0 Å². The van der Waals surface area contributed by atoms with E-state index in [-0.39, 0.29) is 11.5 Å². The molecule has 0 aliphatic heterocycles. The van der Waals surface area contributed by atoms with Crippen molar-refractivity contribution in [2.75, 3.05) is 13.1 Å². The Hall–Kier alpha value is -1.22. The van der Waals surface area contributed by atoms with E-state index in [1.807, 2.05) is 6.92 Å². The molecule has 1 rings (SSSR count). The van der Waals surface area contributed by atoms with Crippen molar-refractivity contribution >= 4 is 0 Å². The highest BCUT2D eigenvalue weighted by Crippen LogP contribution is 2.21. The Morgan fingerprint density at radius 1 is 1.31 bits per heavy atom. The van der Waals surface area contributed by atoms with E-state index in [2.05, 4.69) is 5.32 Å².